The third-order valence-electron chi connectivity index (χ3n) is 2.91. The van der Waals surface area contributed by atoms with E-state index in [2.05, 4.69) is 34.6 Å². The van der Waals surface area contributed by atoms with Crippen LogP contribution in [0.4, 0.5) is 5.69 Å². The number of para-hydroxylation sites is 1. The molecule has 4 nitrogen and oxygen atoms in total. The number of fused-ring (bicyclic) bond motifs is 1. The number of thiazole rings is 1. The highest BCUT2D eigenvalue weighted by atomic mass is 32.1. The third kappa shape index (κ3) is 2.34. The largest absolute Gasteiger partial charge is 0.398 e. The first-order valence-corrected chi connectivity index (χ1v) is 6.92. The van der Waals surface area contributed by atoms with E-state index in [0.717, 1.165) is 28.5 Å². The molecule has 0 unspecified atom stereocenters. The minimum absolute atomic E-state index is 0.766. The highest BCUT2D eigenvalue weighted by Crippen LogP contribution is 2.27. The number of aromatic nitrogens is 2. The van der Waals surface area contributed by atoms with E-state index in [1.165, 1.54) is 4.88 Å². The standard InChI is InChI=1S/C14H16N4S/c1-17(2)7-10-8-18-9-13(16-14(18)19-10)11-5-3-4-6-12(11)15/h3-6,8-9H,7,15H2,1-2H3. The Hall–Kier alpha value is -1.85. The van der Waals surface area contributed by atoms with Crippen molar-refractivity contribution in [2.45, 2.75) is 6.54 Å². The Kier molecular flexibility index (Phi) is 3.00. The highest BCUT2D eigenvalue weighted by molar-refractivity contribution is 7.17. The van der Waals surface area contributed by atoms with Gasteiger partial charge < -0.3 is 10.6 Å². The minimum Gasteiger partial charge on any atom is -0.398 e. The maximum absolute atomic E-state index is 5.99. The Morgan fingerprint density at radius 3 is 2.74 bits per heavy atom. The van der Waals surface area contributed by atoms with E-state index in [-0.39, 0.29) is 0 Å². The van der Waals surface area contributed by atoms with Crippen molar-refractivity contribution in [3.63, 3.8) is 0 Å². The number of rotatable bonds is 3. The summed E-state index contributed by atoms with van der Waals surface area (Å²) in [5.41, 5.74) is 8.68. The molecular formula is C14H16N4S. The van der Waals surface area contributed by atoms with Crippen molar-refractivity contribution in [3.05, 3.63) is 41.5 Å². The van der Waals surface area contributed by atoms with Crippen LogP contribution in [0.25, 0.3) is 16.2 Å². The van der Waals surface area contributed by atoms with E-state index >= 15 is 0 Å². The second kappa shape index (κ2) is 4.68. The van der Waals surface area contributed by atoms with Crippen LogP contribution in [0.5, 0.6) is 0 Å². The number of nitrogen functional groups attached to an aromatic ring is 1. The van der Waals surface area contributed by atoms with Gasteiger partial charge in [0.15, 0.2) is 4.96 Å². The molecule has 2 heterocycles. The van der Waals surface area contributed by atoms with Crippen LogP contribution < -0.4 is 5.73 Å². The van der Waals surface area contributed by atoms with Gasteiger partial charge in [-0.25, -0.2) is 4.98 Å². The summed E-state index contributed by atoms with van der Waals surface area (Å²) in [7, 11) is 4.14. The Labute approximate surface area is 116 Å². The van der Waals surface area contributed by atoms with Crippen molar-refractivity contribution < 1.29 is 0 Å². The number of imidazole rings is 1. The Bertz CT molecular complexity index is 680. The summed E-state index contributed by atoms with van der Waals surface area (Å²) >= 11 is 1.72. The monoisotopic (exact) mass is 272 g/mol. The molecule has 0 aliphatic heterocycles. The molecule has 0 spiro atoms. The molecule has 2 aromatic heterocycles. The summed E-state index contributed by atoms with van der Waals surface area (Å²) in [4.78, 5) is 9.12. The molecule has 3 aromatic rings. The van der Waals surface area contributed by atoms with E-state index in [4.69, 9.17) is 5.73 Å². The topological polar surface area (TPSA) is 46.6 Å². The second-order valence-electron chi connectivity index (χ2n) is 4.84. The number of anilines is 1. The summed E-state index contributed by atoms with van der Waals surface area (Å²) in [6, 6.07) is 7.83. The molecule has 2 N–H and O–H groups in total. The molecule has 0 radical (unpaired) electrons. The molecule has 3 rings (SSSR count). The number of nitrogens with zero attached hydrogens (tertiary/aromatic N) is 3. The van der Waals surface area contributed by atoms with Crippen LogP contribution in [-0.4, -0.2) is 28.4 Å². The van der Waals surface area contributed by atoms with E-state index in [1.54, 1.807) is 11.3 Å². The van der Waals surface area contributed by atoms with E-state index in [0.29, 0.717) is 0 Å². The van der Waals surface area contributed by atoms with Gasteiger partial charge in [-0.2, -0.15) is 0 Å². The molecule has 19 heavy (non-hydrogen) atoms. The van der Waals surface area contributed by atoms with Gasteiger partial charge >= 0.3 is 0 Å². The van der Waals surface area contributed by atoms with Gasteiger partial charge in [-0.05, 0) is 20.2 Å². The molecule has 0 aliphatic carbocycles. The van der Waals surface area contributed by atoms with Crippen LogP contribution in [0.2, 0.25) is 0 Å². The summed E-state index contributed by atoms with van der Waals surface area (Å²) < 4.78 is 2.07. The maximum atomic E-state index is 5.99. The summed E-state index contributed by atoms with van der Waals surface area (Å²) in [5, 5.41) is 0. The zero-order chi connectivity index (χ0) is 13.4. The van der Waals surface area contributed by atoms with Crippen LogP contribution in [0.1, 0.15) is 4.88 Å². The SMILES string of the molecule is CN(C)Cc1cn2cc(-c3ccccc3N)nc2s1. The Morgan fingerprint density at radius 2 is 2.05 bits per heavy atom. The second-order valence-corrected chi connectivity index (χ2v) is 5.93. The summed E-state index contributed by atoms with van der Waals surface area (Å²) in [6.45, 7) is 0.941. The quantitative estimate of drug-likeness (QED) is 0.746. The zero-order valence-corrected chi connectivity index (χ0v) is 11.8. The first kappa shape index (κ1) is 12.2. The van der Waals surface area contributed by atoms with Gasteiger partial charge in [-0.3, -0.25) is 4.40 Å². The first-order chi connectivity index (χ1) is 9.13. The van der Waals surface area contributed by atoms with Crippen molar-refractivity contribution in [3.8, 4) is 11.3 Å². The highest BCUT2D eigenvalue weighted by Gasteiger charge is 2.10. The van der Waals surface area contributed by atoms with Crippen LogP contribution >= 0.6 is 11.3 Å². The van der Waals surface area contributed by atoms with E-state index in [1.807, 2.05) is 30.5 Å². The number of hydrogen-bond donors (Lipinski definition) is 1. The first-order valence-electron chi connectivity index (χ1n) is 6.10. The van der Waals surface area contributed by atoms with Crippen molar-refractivity contribution in [1.82, 2.24) is 14.3 Å². The predicted octanol–water partition coefficient (Wildman–Crippen LogP) is 2.71. The van der Waals surface area contributed by atoms with Crippen molar-refractivity contribution >= 4 is 22.0 Å². The molecule has 0 bridgehead atoms. The van der Waals surface area contributed by atoms with Gasteiger partial charge in [0.1, 0.15) is 0 Å². The van der Waals surface area contributed by atoms with Crippen LogP contribution in [0.15, 0.2) is 36.7 Å². The molecule has 1 aromatic carbocycles. The van der Waals surface area contributed by atoms with Crippen molar-refractivity contribution in [1.29, 1.82) is 0 Å². The lowest BCUT2D eigenvalue weighted by atomic mass is 10.1. The van der Waals surface area contributed by atoms with Gasteiger partial charge in [0, 0.05) is 35.1 Å². The Balaban J connectivity index is 1.99. The molecule has 0 saturated heterocycles. The van der Waals surface area contributed by atoms with Crippen molar-refractivity contribution in [2.75, 3.05) is 19.8 Å². The van der Waals surface area contributed by atoms with Crippen LogP contribution in [0.3, 0.4) is 0 Å². The van der Waals surface area contributed by atoms with Gasteiger partial charge in [0.05, 0.1) is 5.69 Å². The van der Waals surface area contributed by atoms with Gasteiger partial charge in [-0.15, -0.1) is 0 Å². The zero-order valence-electron chi connectivity index (χ0n) is 11.0. The summed E-state index contributed by atoms with van der Waals surface area (Å²) in [6.07, 6.45) is 4.17. The van der Waals surface area contributed by atoms with E-state index < -0.39 is 0 Å². The fourth-order valence-corrected chi connectivity index (χ4v) is 3.17. The van der Waals surface area contributed by atoms with Crippen LogP contribution in [0, 0.1) is 0 Å². The average Bonchev–Trinajstić information content (AvgIpc) is 2.86. The number of nitrogens with two attached hydrogens (primary N) is 1. The molecule has 0 fully saturated rings. The van der Waals surface area contributed by atoms with Gasteiger partial charge in [-0.1, -0.05) is 29.5 Å². The lowest BCUT2D eigenvalue weighted by molar-refractivity contribution is 0.406. The van der Waals surface area contributed by atoms with E-state index in [9.17, 15) is 0 Å². The molecular weight excluding hydrogens is 256 g/mol. The van der Waals surface area contributed by atoms with Gasteiger partial charge in [0.2, 0.25) is 0 Å². The smallest absolute Gasteiger partial charge is 0.194 e. The molecule has 98 valence electrons. The fraction of sp³-hybridized carbons (Fsp3) is 0.214. The normalized spacial score (nSPS) is 11.5. The summed E-state index contributed by atoms with van der Waals surface area (Å²) in [5.74, 6) is 0. The molecule has 0 aliphatic rings. The third-order valence-corrected chi connectivity index (χ3v) is 3.89. The van der Waals surface area contributed by atoms with Gasteiger partial charge in [0.25, 0.3) is 0 Å². The molecule has 0 amide bonds. The lowest BCUT2D eigenvalue weighted by Gasteiger charge is -2.05. The molecule has 5 heteroatoms. The molecule has 0 atom stereocenters. The van der Waals surface area contributed by atoms with Crippen molar-refractivity contribution in [2.24, 2.45) is 0 Å². The number of hydrogen-bond acceptors (Lipinski definition) is 4. The Morgan fingerprint density at radius 1 is 1.26 bits per heavy atom. The average molecular weight is 272 g/mol. The van der Waals surface area contributed by atoms with Crippen LogP contribution in [-0.2, 0) is 6.54 Å². The predicted molar refractivity (Wildman–Crippen MR) is 80.3 cm³/mol. The lowest BCUT2D eigenvalue weighted by Crippen LogP contribution is -2.09. The minimum atomic E-state index is 0.766. The fourth-order valence-electron chi connectivity index (χ4n) is 2.09. The maximum Gasteiger partial charge on any atom is 0.194 e. The molecule has 0 saturated carbocycles. The number of benzene rings is 1.